The molecule has 0 spiro atoms. The molecule has 0 saturated carbocycles. The minimum atomic E-state index is -0.0497. The Morgan fingerprint density at radius 2 is 1.88 bits per heavy atom. The summed E-state index contributed by atoms with van der Waals surface area (Å²) in [4.78, 5) is 17.0. The van der Waals surface area contributed by atoms with E-state index in [0.717, 1.165) is 38.3 Å². The zero-order valence-corrected chi connectivity index (χ0v) is 21.2. The Bertz CT molecular complexity index is 1240. The van der Waals surface area contributed by atoms with Gasteiger partial charge in [0.05, 0.1) is 22.8 Å². The number of carbonyl (C=O) groups excluding carboxylic acids is 1. The molecule has 33 heavy (non-hydrogen) atoms. The number of anilines is 1. The van der Waals surface area contributed by atoms with Crippen molar-refractivity contribution < 1.29 is 4.79 Å². The largest absolute Gasteiger partial charge is 0.368 e. The van der Waals surface area contributed by atoms with Crippen LogP contribution < -0.4 is 10.6 Å². The lowest BCUT2D eigenvalue weighted by molar-refractivity contribution is -0.120. The average Bonchev–Trinajstić information content (AvgIpc) is 3.19. The van der Waals surface area contributed by atoms with Gasteiger partial charge in [-0.1, -0.05) is 61.8 Å². The molecule has 4 aromatic rings. The van der Waals surface area contributed by atoms with E-state index in [-0.39, 0.29) is 5.91 Å². The summed E-state index contributed by atoms with van der Waals surface area (Å²) in [5, 5.41) is 11.3. The second kappa shape index (κ2) is 11.8. The summed E-state index contributed by atoms with van der Waals surface area (Å²) < 4.78 is 2.57. The zero-order chi connectivity index (χ0) is 23.8. The minimum Gasteiger partial charge on any atom is -0.368 e. The summed E-state index contributed by atoms with van der Waals surface area (Å²) in [5.41, 5.74) is 4.69. The lowest BCUT2D eigenvalue weighted by Gasteiger charge is -2.12. The SMILES string of the molecule is CC.Cc1ccccc1-c1cc(NCCNC(=O)Cc2cccc(Cl)c2)n2ncc(Br)c2n1. The van der Waals surface area contributed by atoms with E-state index in [1.807, 2.05) is 44.2 Å². The second-order valence-corrected chi connectivity index (χ2v) is 8.44. The molecule has 2 heterocycles. The lowest BCUT2D eigenvalue weighted by atomic mass is 10.1. The molecule has 0 aliphatic heterocycles. The predicted octanol–water partition coefficient (Wildman–Crippen LogP) is 5.92. The van der Waals surface area contributed by atoms with E-state index in [1.54, 1.807) is 22.8 Å². The highest BCUT2D eigenvalue weighted by Gasteiger charge is 2.12. The summed E-state index contributed by atoms with van der Waals surface area (Å²) >= 11 is 9.50. The van der Waals surface area contributed by atoms with Gasteiger partial charge in [0.1, 0.15) is 5.82 Å². The smallest absolute Gasteiger partial charge is 0.224 e. The topological polar surface area (TPSA) is 71.3 Å². The Hall–Kier alpha value is -2.90. The first-order valence-corrected chi connectivity index (χ1v) is 12.0. The highest BCUT2D eigenvalue weighted by molar-refractivity contribution is 9.10. The van der Waals surface area contributed by atoms with Gasteiger partial charge >= 0.3 is 0 Å². The number of aromatic nitrogens is 3. The number of rotatable bonds is 7. The van der Waals surface area contributed by atoms with Crippen molar-refractivity contribution in [3.63, 3.8) is 0 Å². The van der Waals surface area contributed by atoms with Crippen molar-refractivity contribution >= 4 is 44.9 Å². The van der Waals surface area contributed by atoms with Gasteiger partial charge in [-0.25, -0.2) is 4.98 Å². The van der Waals surface area contributed by atoms with Crippen molar-refractivity contribution in [2.45, 2.75) is 27.2 Å². The number of amides is 1. The molecule has 0 aliphatic carbocycles. The van der Waals surface area contributed by atoms with Crippen LogP contribution in [0.4, 0.5) is 5.82 Å². The van der Waals surface area contributed by atoms with Crippen molar-refractivity contribution in [2.24, 2.45) is 0 Å². The molecule has 2 aromatic carbocycles. The van der Waals surface area contributed by atoms with Crippen LogP contribution in [0, 0.1) is 6.92 Å². The Morgan fingerprint density at radius 1 is 1.09 bits per heavy atom. The van der Waals surface area contributed by atoms with Gasteiger partial charge in [0.25, 0.3) is 0 Å². The zero-order valence-electron chi connectivity index (χ0n) is 18.9. The molecule has 1 amide bonds. The normalized spacial score (nSPS) is 10.5. The first-order valence-electron chi connectivity index (χ1n) is 10.9. The maximum Gasteiger partial charge on any atom is 0.224 e. The molecule has 2 N–H and O–H groups in total. The summed E-state index contributed by atoms with van der Waals surface area (Å²) in [7, 11) is 0. The molecule has 6 nitrogen and oxygen atoms in total. The summed E-state index contributed by atoms with van der Waals surface area (Å²) in [5.74, 6) is 0.754. The number of nitrogens with one attached hydrogen (secondary N) is 2. The quantitative estimate of drug-likeness (QED) is 0.292. The molecular formula is C25H27BrClN5O. The molecule has 0 fully saturated rings. The highest BCUT2D eigenvalue weighted by atomic mass is 79.9. The Morgan fingerprint density at radius 3 is 2.64 bits per heavy atom. The predicted molar refractivity (Wildman–Crippen MR) is 139 cm³/mol. The van der Waals surface area contributed by atoms with E-state index < -0.39 is 0 Å². The molecule has 172 valence electrons. The van der Waals surface area contributed by atoms with Gasteiger partial charge in [0.15, 0.2) is 5.65 Å². The number of halogens is 2. The van der Waals surface area contributed by atoms with Gasteiger partial charge in [-0.15, -0.1) is 0 Å². The van der Waals surface area contributed by atoms with E-state index in [0.29, 0.717) is 24.5 Å². The van der Waals surface area contributed by atoms with Crippen LogP contribution in [0.5, 0.6) is 0 Å². The summed E-state index contributed by atoms with van der Waals surface area (Å²) in [6.45, 7) is 7.09. The van der Waals surface area contributed by atoms with Gasteiger partial charge < -0.3 is 10.6 Å². The number of hydrogen-bond acceptors (Lipinski definition) is 4. The van der Waals surface area contributed by atoms with E-state index >= 15 is 0 Å². The molecule has 0 unspecified atom stereocenters. The number of carbonyl (C=O) groups is 1. The van der Waals surface area contributed by atoms with E-state index in [2.05, 4.69) is 50.7 Å². The van der Waals surface area contributed by atoms with Crippen molar-refractivity contribution in [2.75, 3.05) is 18.4 Å². The maximum atomic E-state index is 12.2. The van der Waals surface area contributed by atoms with E-state index in [4.69, 9.17) is 16.6 Å². The number of nitrogens with zero attached hydrogens (tertiary/aromatic N) is 3. The van der Waals surface area contributed by atoms with Gasteiger partial charge in [-0.3, -0.25) is 4.79 Å². The van der Waals surface area contributed by atoms with Crippen LogP contribution in [0.25, 0.3) is 16.9 Å². The number of aryl methyl sites for hydroxylation is 1. The summed E-state index contributed by atoms with van der Waals surface area (Å²) in [6, 6.07) is 17.4. The Balaban J connectivity index is 0.00000149. The monoisotopic (exact) mass is 527 g/mol. The molecule has 0 aliphatic rings. The van der Waals surface area contributed by atoms with Crippen LogP contribution in [0.15, 0.2) is 65.3 Å². The number of benzene rings is 2. The van der Waals surface area contributed by atoms with Crippen LogP contribution in [0.2, 0.25) is 5.02 Å². The molecule has 8 heteroatoms. The van der Waals surface area contributed by atoms with E-state index in [1.165, 1.54) is 0 Å². The molecule has 0 radical (unpaired) electrons. The van der Waals surface area contributed by atoms with Crippen LogP contribution in [0.3, 0.4) is 0 Å². The lowest BCUT2D eigenvalue weighted by Crippen LogP contribution is -2.30. The van der Waals surface area contributed by atoms with Gasteiger partial charge in [0.2, 0.25) is 5.91 Å². The summed E-state index contributed by atoms with van der Waals surface area (Å²) in [6.07, 6.45) is 2.02. The van der Waals surface area contributed by atoms with Gasteiger partial charge in [-0.05, 0) is 46.1 Å². The Labute approximate surface area is 207 Å². The van der Waals surface area contributed by atoms with Crippen LogP contribution in [0.1, 0.15) is 25.0 Å². The van der Waals surface area contributed by atoms with Crippen LogP contribution in [-0.4, -0.2) is 33.6 Å². The fraction of sp³-hybridized carbons (Fsp3) is 0.240. The third kappa shape index (κ3) is 6.33. The molecule has 0 atom stereocenters. The molecule has 0 saturated heterocycles. The van der Waals surface area contributed by atoms with Crippen molar-refractivity contribution in [3.05, 3.63) is 81.4 Å². The standard InChI is InChI=1S/C23H21BrClN5O.C2H6/c1-15-5-2-3-8-18(15)20-13-21(30-23(29-20)19(24)14-28-30)26-9-10-27-22(31)12-16-6-4-7-17(25)11-16;1-2/h2-8,11,13-14,26H,9-10,12H2,1H3,(H,27,31);1-2H3. The fourth-order valence-electron chi connectivity index (χ4n) is 3.35. The van der Waals surface area contributed by atoms with Crippen molar-refractivity contribution in [3.8, 4) is 11.3 Å². The van der Waals surface area contributed by atoms with Crippen LogP contribution >= 0.6 is 27.5 Å². The number of fused-ring (bicyclic) bond motifs is 1. The van der Waals surface area contributed by atoms with Gasteiger partial charge in [0, 0.05) is 29.7 Å². The number of hydrogen-bond donors (Lipinski definition) is 2. The average molecular weight is 529 g/mol. The van der Waals surface area contributed by atoms with E-state index in [9.17, 15) is 4.79 Å². The molecule has 4 rings (SSSR count). The minimum absolute atomic E-state index is 0.0497. The first-order chi connectivity index (χ1) is 16.0. The third-order valence-corrected chi connectivity index (χ3v) is 5.65. The third-order valence-electron chi connectivity index (χ3n) is 4.86. The van der Waals surface area contributed by atoms with Gasteiger partial charge in [-0.2, -0.15) is 9.61 Å². The first kappa shape index (κ1) is 24.7. The molecule has 0 bridgehead atoms. The van der Waals surface area contributed by atoms with Crippen LogP contribution in [-0.2, 0) is 11.2 Å². The highest BCUT2D eigenvalue weighted by Crippen LogP contribution is 2.27. The Kier molecular flexibility index (Phi) is 8.86. The molecular weight excluding hydrogens is 502 g/mol. The van der Waals surface area contributed by atoms with Crippen molar-refractivity contribution in [1.82, 2.24) is 19.9 Å². The second-order valence-electron chi connectivity index (χ2n) is 7.15. The molecule has 2 aromatic heterocycles. The van der Waals surface area contributed by atoms with Crippen molar-refractivity contribution in [1.29, 1.82) is 0 Å². The maximum absolute atomic E-state index is 12.2. The fourth-order valence-corrected chi connectivity index (χ4v) is 3.91.